The third-order valence-electron chi connectivity index (χ3n) is 9.70. The van der Waals surface area contributed by atoms with Crippen molar-refractivity contribution in [3.05, 3.63) is 95.1 Å². The van der Waals surface area contributed by atoms with Gasteiger partial charge in [-0.25, -0.2) is 4.98 Å². The summed E-state index contributed by atoms with van der Waals surface area (Å²) < 4.78 is 0. The van der Waals surface area contributed by atoms with Gasteiger partial charge < -0.3 is 16.0 Å². The van der Waals surface area contributed by atoms with Crippen LogP contribution in [-0.2, 0) is 6.54 Å². The van der Waals surface area contributed by atoms with E-state index in [1.807, 2.05) is 37.3 Å². The van der Waals surface area contributed by atoms with Crippen molar-refractivity contribution in [3.63, 3.8) is 0 Å². The summed E-state index contributed by atoms with van der Waals surface area (Å²) in [5, 5.41) is 4.00. The molecule has 45 heavy (non-hydrogen) atoms. The molecule has 2 aromatic heterocycles. The molecule has 5 aromatic rings. The van der Waals surface area contributed by atoms with Crippen LogP contribution in [0.25, 0.3) is 33.5 Å². The Hall–Kier alpha value is -4.53. The molecule has 8 rings (SSSR count). The molecule has 228 valence electrons. The fraction of sp³-hybridized carbons (Fsp3) is 0.324. The summed E-state index contributed by atoms with van der Waals surface area (Å²) in [4.78, 5) is 31.0. The van der Waals surface area contributed by atoms with Gasteiger partial charge in [0, 0.05) is 66.7 Å². The Morgan fingerprint density at radius 3 is 2.40 bits per heavy atom. The summed E-state index contributed by atoms with van der Waals surface area (Å²) in [7, 11) is 0. The van der Waals surface area contributed by atoms with Crippen molar-refractivity contribution >= 4 is 28.6 Å². The van der Waals surface area contributed by atoms with E-state index in [0.717, 1.165) is 64.8 Å². The van der Waals surface area contributed by atoms with Gasteiger partial charge in [0.25, 0.3) is 5.91 Å². The van der Waals surface area contributed by atoms with Crippen LogP contribution in [0, 0.1) is 6.92 Å². The van der Waals surface area contributed by atoms with Crippen molar-refractivity contribution in [2.24, 2.45) is 0 Å². The number of nitrogens with two attached hydrogens (primary N) is 1. The zero-order chi connectivity index (χ0) is 30.5. The number of H-pyrrole nitrogens is 1. The highest BCUT2D eigenvalue weighted by Gasteiger charge is 2.31. The summed E-state index contributed by atoms with van der Waals surface area (Å²) in [5.41, 5.74) is 15.6. The maximum Gasteiger partial charge on any atom is 0.255 e. The Bertz CT molecular complexity index is 1860. The van der Waals surface area contributed by atoms with E-state index in [4.69, 9.17) is 5.73 Å². The van der Waals surface area contributed by atoms with Gasteiger partial charge in [-0.05, 0) is 85.0 Å². The third-order valence-corrected chi connectivity index (χ3v) is 9.70. The van der Waals surface area contributed by atoms with Crippen LogP contribution in [0.3, 0.4) is 0 Å². The Morgan fingerprint density at radius 1 is 0.933 bits per heavy atom. The lowest BCUT2D eigenvalue weighted by Crippen LogP contribution is -2.46. The molecule has 2 aliphatic carbocycles. The van der Waals surface area contributed by atoms with E-state index in [-0.39, 0.29) is 11.9 Å². The molecule has 2 saturated carbocycles. The number of carbonyl (C=O) groups excluding carboxylic acids is 1. The molecule has 1 aliphatic heterocycles. The van der Waals surface area contributed by atoms with Gasteiger partial charge in [-0.1, -0.05) is 48.5 Å². The van der Waals surface area contributed by atoms with Crippen molar-refractivity contribution in [3.8, 4) is 22.5 Å². The van der Waals surface area contributed by atoms with Gasteiger partial charge >= 0.3 is 0 Å². The van der Waals surface area contributed by atoms with Crippen molar-refractivity contribution in [2.75, 3.05) is 37.2 Å². The molecule has 1 saturated heterocycles. The minimum atomic E-state index is -0.127. The van der Waals surface area contributed by atoms with E-state index in [1.54, 1.807) is 0 Å². The Balaban J connectivity index is 1.02. The number of rotatable bonds is 8. The summed E-state index contributed by atoms with van der Waals surface area (Å²) in [6.07, 6.45) is 5.25. The minimum Gasteiger partial charge on any atom is -0.368 e. The maximum absolute atomic E-state index is 13.1. The van der Waals surface area contributed by atoms with Crippen LogP contribution in [0.15, 0.2) is 72.8 Å². The van der Waals surface area contributed by atoms with E-state index < -0.39 is 0 Å². The van der Waals surface area contributed by atoms with Crippen LogP contribution in [0.4, 0.5) is 11.6 Å². The van der Waals surface area contributed by atoms with Gasteiger partial charge in [-0.2, -0.15) is 4.98 Å². The quantitative estimate of drug-likeness (QED) is 0.186. The summed E-state index contributed by atoms with van der Waals surface area (Å²) in [5.74, 6) is 0.736. The van der Waals surface area contributed by atoms with Crippen molar-refractivity contribution in [2.45, 2.75) is 51.1 Å². The molecule has 4 N–H and O–H groups in total. The first-order valence-corrected chi connectivity index (χ1v) is 16.2. The zero-order valence-corrected chi connectivity index (χ0v) is 25.7. The number of hydrogen-bond acceptors (Lipinski definition) is 6. The monoisotopic (exact) mass is 597 g/mol. The molecule has 3 aromatic carbocycles. The molecule has 0 bridgehead atoms. The number of carbonyl (C=O) groups is 1. The normalized spacial score (nSPS) is 17.5. The van der Waals surface area contributed by atoms with Gasteiger partial charge in [0.05, 0.1) is 5.69 Å². The molecular formula is C37H39N7O. The van der Waals surface area contributed by atoms with Crippen LogP contribution in [0.1, 0.15) is 58.6 Å². The number of nitrogen functional groups attached to an aromatic ring is 1. The van der Waals surface area contributed by atoms with Gasteiger partial charge in [0.2, 0.25) is 5.95 Å². The second-order valence-electron chi connectivity index (χ2n) is 12.9. The number of aromatic nitrogens is 3. The van der Waals surface area contributed by atoms with E-state index in [0.29, 0.717) is 17.1 Å². The molecule has 0 unspecified atom stereocenters. The van der Waals surface area contributed by atoms with E-state index in [1.165, 1.54) is 49.9 Å². The number of amides is 1. The van der Waals surface area contributed by atoms with Crippen LogP contribution >= 0.6 is 0 Å². The molecule has 1 amide bonds. The molecule has 0 atom stereocenters. The number of fused-ring (bicyclic) bond motifs is 1. The molecule has 3 fully saturated rings. The van der Waals surface area contributed by atoms with E-state index >= 15 is 0 Å². The highest BCUT2D eigenvalue weighted by atomic mass is 16.1. The number of anilines is 2. The predicted octanol–water partition coefficient (Wildman–Crippen LogP) is 6.59. The average molecular weight is 598 g/mol. The molecule has 3 heterocycles. The smallest absolute Gasteiger partial charge is 0.255 e. The van der Waals surface area contributed by atoms with Crippen LogP contribution in [0.5, 0.6) is 0 Å². The maximum atomic E-state index is 13.1. The first kappa shape index (κ1) is 28.0. The summed E-state index contributed by atoms with van der Waals surface area (Å²) in [6, 6.07) is 25.6. The Kier molecular flexibility index (Phi) is 7.11. The van der Waals surface area contributed by atoms with E-state index in [9.17, 15) is 4.79 Å². The topological polar surface area (TPSA) is 103 Å². The summed E-state index contributed by atoms with van der Waals surface area (Å²) >= 11 is 0. The second kappa shape index (κ2) is 11.4. The second-order valence-corrected chi connectivity index (χ2v) is 12.9. The van der Waals surface area contributed by atoms with Crippen LogP contribution in [0.2, 0.25) is 0 Å². The fourth-order valence-corrected chi connectivity index (χ4v) is 6.71. The van der Waals surface area contributed by atoms with Gasteiger partial charge in [-0.3, -0.25) is 14.6 Å². The average Bonchev–Trinajstić information content (AvgIpc) is 4.00. The highest BCUT2D eigenvalue weighted by Crippen LogP contribution is 2.40. The standard InChI is InChI=1S/C37H39N7O/c1-23-30(3-2-4-32(23)40-36(45)28-13-11-26(12-14-28)25-9-10-25)34-31-21-33(39-35(31)42-37(38)41-34)27-7-5-24(6-8-27)22-43-17-19-44(20-18-43)29-15-16-29/h2-8,11-14,21,25,29H,9-10,15-20,22H2,1H3,(H,40,45)(H3,38,39,41,42). The van der Waals surface area contributed by atoms with Crippen LogP contribution in [-0.4, -0.2) is 62.9 Å². The Morgan fingerprint density at radius 2 is 1.69 bits per heavy atom. The number of aromatic amines is 1. The van der Waals surface area contributed by atoms with Crippen molar-refractivity contribution in [1.82, 2.24) is 24.8 Å². The fourth-order valence-electron chi connectivity index (χ4n) is 6.71. The molecule has 0 radical (unpaired) electrons. The number of piperazine rings is 1. The highest BCUT2D eigenvalue weighted by molar-refractivity contribution is 6.05. The number of nitrogens with one attached hydrogen (secondary N) is 2. The molecule has 0 spiro atoms. The first-order chi connectivity index (χ1) is 22.0. The predicted molar refractivity (Wildman–Crippen MR) is 180 cm³/mol. The van der Waals surface area contributed by atoms with Gasteiger partial charge in [-0.15, -0.1) is 0 Å². The SMILES string of the molecule is Cc1c(NC(=O)c2ccc(C3CC3)cc2)cccc1-c1nc(N)nc2[nH]c(-c3ccc(CN4CCN(C5CC5)CC4)cc3)cc12. The van der Waals surface area contributed by atoms with Crippen LogP contribution < -0.4 is 11.1 Å². The van der Waals surface area contributed by atoms with Crippen molar-refractivity contribution in [1.29, 1.82) is 0 Å². The minimum absolute atomic E-state index is 0.127. The van der Waals surface area contributed by atoms with Gasteiger partial charge in [0.1, 0.15) is 5.65 Å². The lowest BCUT2D eigenvalue weighted by Gasteiger charge is -2.34. The lowest BCUT2D eigenvalue weighted by atomic mass is 10.0. The number of benzene rings is 3. The molecule has 8 heteroatoms. The number of nitrogens with zero attached hydrogens (tertiary/aromatic N) is 4. The lowest BCUT2D eigenvalue weighted by molar-refractivity contribution is 0.102. The Labute approximate surface area is 263 Å². The molecular weight excluding hydrogens is 558 g/mol. The van der Waals surface area contributed by atoms with Crippen molar-refractivity contribution < 1.29 is 4.79 Å². The van der Waals surface area contributed by atoms with Gasteiger partial charge in [0.15, 0.2) is 0 Å². The first-order valence-electron chi connectivity index (χ1n) is 16.2. The number of hydrogen-bond donors (Lipinski definition) is 3. The summed E-state index contributed by atoms with van der Waals surface area (Å²) in [6.45, 7) is 7.64. The largest absolute Gasteiger partial charge is 0.368 e. The third kappa shape index (κ3) is 5.83. The molecule has 8 nitrogen and oxygen atoms in total. The van der Waals surface area contributed by atoms with E-state index in [2.05, 4.69) is 72.5 Å². The zero-order valence-electron chi connectivity index (χ0n) is 25.7. The molecule has 3 aliphatic rings.